The topological polar surface area (TPSA) is 20.2 Å². The summed E-state index contributed by atoms with van der Waals surface area (Å²) in [5, 5.41) is 2.41. The Kier molecular flexibility index (Phi) is 1.88. The first kappa shape index (κ1) is 9.85. The molecule has 2 nitrogen and oxygen atoms in total. The molecular formula is C15H10N2S. The van der Waals surface area contributed by atoms with E-state index in [0.29, 0.717) is 0 Å². The van der Waals surface area contributed by atoms with Crippen molar-refractivity contribution in [3.8, 4) is 0 Å². The number of hydrogen-bond donors (Lipinski definition) is 1. The van der Waals surface area contributed by atoms with Gasteiger partial charge in [-0.2, -0.15) is 0 Å². The second-order valence-corrected chi connectivity index (χ2v) is 4.79. The molecule has 0 spiro atoms. The van der Waals surface area contributed by atoms with Crippen molar-refractivity contribution in [2.75, 3.05) is 0 Å². The van der Waals surface area contributed by atoms with E-state index in [-0.39, 0.29) is 0 Å². The highest BCUT2D eigenvalue weighted by Crippen LogP contribution is 2.25. The first-order chi connectivity index (χ1) is 8.84. The lowest BCUT2D eigenvalue weighted by molar-refractivity contribution is 1.13. The Labute approximate surface area is 108 Å². The number of para-hydroxylation sites is 2. The number of benzene rings is 2. The van der Waals surface area contributed by atoms with E-state index in [2.05, 4.69) is 51.8 Å². The molecule has 0 aliphatic carbocycles. The number of rotatable bonds is 0. The standard InChI is InChI=1S/C15H10N2S/c18-15-16-12-7-3-2-6-11(12)14-9-10-5-1-4-8-13(10)17(14)15/h1-9H,(H,16,18). The van der Waals surface area contributed by atoms with Crippen LogP contribution in [-0.4, -0.2) is 9.38 Å². The lowest BCUT2D eigenvalue weighted by atomic mass is 10.2. The summed E-state index contributed by atoms with van der Waals surface area (Å²) in [6, 6.07) is 18.8. The number of H-pyrrole nitrogens is 1. The minimum atomic E-state index is 0.741. The molecule has 2 aromatic heterocycles. The van der Waals surface area contributed by atoms with E-state index in [1.165, 1.54) is 10.8 Å². The van der Waals surface area contributed by atoms with E-state index in [1.54, 1.807) is 0 Å². The van der Waals surface area contributed by atoms with Crippen molar-refractivity contribution in [2.24, 2.45) is 0 Å². The van der Waals surface area contributed by atoms with E-state index in [0.717, 1.165) is 21.3 Å². The molecule has 2 aromatic carbocycles. The molecule has 0 radical (unpaired) electrons. The number of aromatic nitrogens is 2. The van der Waals surface area contributed by atoms with Crippen LogP contribution >= 0.6 is 12.2 Å². The maximum Gasteiger partial charge on any atom is 0.182 e. The Morgan fingerprint density at radius 2 is 1.67 bits per heavy atom. The zero-order valence-electron chi connectivity index (χ0n) is 9.55. The molecule has 0 saturated carbocycles. The van der Waals surface area contributed by atoms with Crippen molar-refractivity contribution in [1.82, 2.24) is 9.38 Å². The zero-order chi connectivity index (χ0) is 12.1. The summed E-state index contributed by atoms with van der Waals surface area (Å²) in [6.07, 6.45) is 0. The van der Waals surface area contributed by atoms with Gasteiger partial charge in [-0.05, 0) is 30.4 Å². The van der Waals surface area contributed by atoms with Crippen LogP contribution in [-0.2, 0) is 0 Å². The number of aromatic amines is 1. The third-order valence-electron chi connectivity index (χ3n) is 3.36. The van der Waals surface area contributed by atoms with Gasteiger partial charge in [0, 0.05) is 16.3 Å². The minimum absolute atomic E-state index is 0.741. The quantitative estimate of drug-likeness (QED) is 0.461. The van der Waals surface area contributed by atoms with Gasteiger partial charge < -0.3 is 4.98 Å². The van der Waals surface area contributed by atoms with Crippen molar-refractivity contribution in [3.63, 3.8) is 0 Å². The minimum Gasteiger partial charge on any atom is -0.331 e. The summed E-state index contributed by atoms with van der Waals surface area (Å²) in [5.41, 5.74) is 3.40. The van der Waals surface area contributed by atoms with Gasteiger partial charge in [0.1, 0.15) is 0 Å². The van der Waals surface area contributed by atoms with Gasteiger partial charge >= 0.3 is 0 Å². The molecule has 4 rings (SSSR count). The van der Waals surface area contributed by atoms with Gasteiger partial charge in [-0.3, -0.25) is 4.40 Å². The molecule has 0 aliphatic heterocycles. The Morgan fingerprint density at radius 1 is 0.889 bits per heavy atom. The van der Waals surface area contributed by atoms with Crippen molar-refractivity contribution in [2.45, 2.75) is 0 Å². The number of nitrogens with one attached hydrogen (secondary N) is 1. The molecule has 3 heteroatoms. The Hall–Kier alpha value is -2.13. The van der Waals surface area contributed by atoms with E-state index in [9.17, 15) is 0 Å². The third-order valence-corrected chi connectivity index (χ3v) is 3.64. The van der Waals surface area contributed by atoms with Crippen molar-refractivity contribution in [1.29, 1.82) is 0 Å². The molecule has 0 aliphatic rings. The highest BCUT2D eigenvalue weighted by atomic mass is 32.1. The predicted molar refractivity (Wildman–Crippen MR) is 77.6 cm³/mol. The lowest BCUT2D eigenvalue weighted by Crippen LogP contribution is -1.91. The van der Waals surface area contributed by atoms with Gasteiger partial charge in [-0.1, -0.05) is 36.4 Å². The molecule has 1 N–H and O–H groups in total. The summed E-state index contributed by atoms with van der Waals surface area (Å²) in [6.45, 7) is 0. The van der Waals surface area contributed by atoms with Crippen LogP contribution in [0.3, 0.4) is 0 Å². The van der Waals surface area contributed by atoms with E-state index < -0.39 is 0 Å². The fourth-order valence-electron chi connectivity index (χ4n) is 2.56. The second-order valence-electron chi connectivity index (χ2n) is 4.40. The number of nitrogens with zero attached hydrogens (tertiary/aromatic N) is 1. The molecule has 0 atom stereocenters. The molecule has 4 aromatic rings. The molecular weight excluding hydrogens is 240 g/mol. The molecule has 18 heavy (non-hydrogen) atoms. The van der Waals surface area contributed by atoms with Gasteiger partial charge in [-0.15, -0.1) is 0 Å². The molecule has 0 bridgehead atoms. The van der Waals surface area contributed by atoms with Gasteiger partial charge in [0.2, 0.25) is 0 Å². The van der Waals surface area contributed by atoms with Crippen LogP contribution in [0.4, 0.5) is 0 Å². The number of fused-ring (bicyclic) bond motifs is 5. The second kappa shape index (κ2) is 3.43. The summed E-state index contributed by atoms with van der Waals surface area (Å²) < 4.78 is 2.84. The molecule has 0 saturated heterocycles. The van der Waals surface area contributed by atoms with E-state index in [4.69, 9.17) is 12.2 Å². The molecule has 2 heterocycles. The number of hydrogen-bond acceptors (Lipinski definition) is 1. The fraction of sp³-hybridized carbons (Fsp3) is 0. The first-order valence-corrected chi connectivity index (χ1v) is 6.27. The molecule has 0 fully saturated rings. The Balaban J connectivity index is 2.42. The maximum atomic E-state index is 5.47. The lowest BCUT2D eigenvalue weighted by Gasteiger charge is -2.03. The van der Waals surface area contributed by atoms with Crippen LogP contribution in [0.5, 0.6) is 0 Å². The van der Waals surface area contributed by atoms with Gasteiger partial charge in [0.15, 0.2) is 4.77 Å². The van der Waals surface area contributed by atoms with Gasteiger partial charge in [0.25, 0.3) is 0 Å². The van der Waals surface area contributed by atoms with Crippen LogP contribution in [0.2, 0.25) is 0 Å². The maximum absolute atomic E-state index is 5.47. The normalized spacial score (nSPS) is 11.6. The monoisotopic (exact) mass is 250 g/mol. The summed E-state index contributed by atoms with van der Waals surface area (Å²) in [5.74, 6) is 0. The molecule has 86 valence electrons. The van der Waals surface area contributed by atoms with Crippen LogP contribution in [0.1, 0.15) is 0 Å². The predicted octanol–water partition coefficient (Wildman–Crippen LogP) is 4.30. The summed E-state index contributed by atoms with van der Waals surface area (Å²) in [7, 11) is 0. The van der Waals surface area contributed by atoms with Crippen molar-refractivity contribution >= 4 is 39.5 Å². The van der Waals surface area contributed by atoms with Crippen LogP contribution in [0, 0.1) is 4.77 Å². The fourth-order valence-corrected chi connectivity index (χ4v) is 2.87. The largest absolute Gasteiger partial charge is 0.331 e. The smallest absolute Gasteiger partial charge is 0.182 e. The van der Waals surface area contributed by atoms with Gasteiger partial charge in [-0.25, -0.2) is 0 Å². The zero-order valence-corrected chi connectivity index (χ0v) is 10.4. The highest BCUT2D eigenvalue weighted by Gasteiger charge is 2.06. The average molecular weight is 250 g/mol. The Morgan fingerprint density at radius 3 is 2.61 bits per heavy atom. The van der Waals surface area contributed by atoms with Crippen molar-refractivity contribution in [3.05, 3.63) is 59.4 Å². The highest BCUT2D eigenvalue weighted by molar-refractivity contribution is 7.71. The third kappa shape index (κ3) is 1.19. The van der Waals surface area contributed by atoms with Crippen LogP contribution in [0.15, 0.2) is 54.6 Å². The first-order valence-electron chi connectivity index (χ1n) is 5.86. The Bertz CT molecular complexity index is 947. The van der Waals surface area contributed by atoms with E-state index in [1.807, 2.05) is 12.1 Å². The van der Waals surface area contributed by atoms with Gasteiger partial charge in [0.05, 0.1) is 11.0 Å². The molecule has 0 unspecified atom stereocenters. The van der Waals surface area contributed by atoms with Crippen LogP contribution < -0.4 is 0 Å². The van der Waals surface area contributed by atoms with Crippen molar-refractivity contribution < 1.29 is 0 Å². The summed E-state index contributed by atoms with van der Waals surface area (Å²) >= 11 is 5.47. The van der Waals surface area contributed by atoms with Crippen LogP contribution in [0.25, 0.3) is 27.3 Å². The SMILES string of the molecule is S=c1[nH]c2ccccc2c2cc3ccccc3n12. The average Bonchev–Trinajstić information content (AvgIpc) is 2.79. The molecule has 0 amide bonds. The summed E-state index contributed by atoms with van der Waals surface area (Å²) in [4.78, 5) is 3.29. The van der Waals surface area contributed by atoms with E-state index >= 15 is 0 Å².